The molecule has 0 aliphatic carbocycles. The summed E-state index contributed by atoms with van der Waals surface area (Å²) < 4.78 is 0. The Balaban J connectivity index is -0.0000000673. The van der Waals surface area contributed by atoms with Crippen LogP contribution < -0.4 is 0 Å². The van der Waals surface area contributed by atoms with Crippen molar-refractivity contribution in [2.45, 2.75) is 105 Å². The van der Waals surface area contributed by atoms with Gasteiger partial charge >= 0.3 is 0 Å². The zero-order valence-electron chi connectivity index (χ0n) is 20.2. The van der Waals surface area contributed by atoms with Crippen LogP contribution in [-0.4, -0.2) is 37.6 Å². The molecule has 0 aromatic carbocycles. The monoisotopic (exact) mass is 604 g/mol. The zero-order chi connectivity index (χ0) is 22.7. The molecule has 2 N–H and O–H groups in total. The minimum Gasteiger partial charge on any atom is -0.481 e. The van der Waals surface area contributed by atoms with Crippen molar-refractivity contribution in [1.82, 2.24) is 0 Å². The summed E-state index contributed by atoms with van der Waals surface area (Å²) in [5.74, 6) is -1.67. The topological polar surface area (TPSA) is 74.6 Å². The van der Waals surface area contributed by atoms with Gasteiger partial charge in [-0.2, -0.15) is 5.41 Å². The molecule has 0 saturated heterocycles. The van der Waals surface area contributed by atoms with E-state index in [2.05, 4.69) is 90.0 Å². The fourth-order valence-electron chi connectivity index (χ4n) is 2.82. The van der Waals surface area contributed by atoms with Crippen LogP contribution in [0.5, 0.6) is 0 Å². The predicted octanol–water partition coefficient (Wildman–Crippen LogP) is 6.72. The summed E-state index contributed by atoms with van der Waals surface area (Å²) in [6.07, 6.45) is 0. The maximum Gasteiger partial charge on any atom is 0.300 e. The smallest absolute Gasteiger partial charge is 0.300 e. The van der Waals surface area contributed by atoms with E-state index in [0.29, 0.717) is 10.3 Å². The van der Waals surface area contributed by atoms with Crippen LogP contribution in [0.2, 0.25) is 0 Å². The average molecular weight is 605 g/mol. The Morgan fingerprint density at radius 3 is 0.750 bits per heavy atom. The normalized spacial score (nSPS) is 11.0. The molecular weight excluding hydrogens is 560 g/mol. The van der Waals surface area contributed by atoms with Crippen molar-refractivity contribution in [3.05, 3.63) is 13.8 Å². The van der Waals surface area contributed by atoms with Crippen molar-refractivity contribution in [3.8, 4) is 0 Å². The molecule has 0 saturated carbocycles. The second-order valence-corrected chi connectivity index (χ2v) is 14.7. The molecule has 0 aromatic rings. The Labute approximate surface area is 204 Å². The molecule has 0 unspecified atom stereocenters. The number of carboxylic acids is 2. The van der Waals surface area contributed by atoms with E-state index in [1.807, 2.05) is 0 Å². The Hall–Kier alpha value is 0.695. The van der Waals surface area contributed by atoms with Crippen molar-refractivity contribution in [2.75, 3.05) is 0 Å². The third-order valence-electron chi connectivity index (χ3n) is 1.95. The first kappa shape index (κ1) is 42.7. The van der Waals surface area contributed by atoms with E-state index in [1.165, 1.54) is 0 Å². The fourth-order valence-corrected chi connectivity index (χ4v) is 8.47. The van der Waals surface area contributed by atoms with Crippen molar-refractivity contribution < 1.29 is 60.6 Å². The van der Waals surface area contributed by atoms with Crippen molar-refractivity contribution >= 4 is 19.9 Å². The van der Waals surface area contributed by atoms with Gasteiger partial charge in [0.25, 0.3) is 11.9 Å². The van der Waals surface area contributed by atoms with Crippen LogP contribution in [0, 0.1) is 19.3 Å². The summed E-state index contributed by atoms with van der Waals surface area (Å²) in [5, 5.41) is 15.8. The maximum absolute atomic E-state index is 9.00. The number of carboxylic acid groups (broad SMARTS) is 2. The Morgan fingerprint density at radius 1 is 0.643 bits per heavy atom. The average Bonchev–Trinajstić information content (AvgIpc) is 2.01. The molecule has 0 rings (SSSR count). The van der Waals surface area contributed by atoms with E-state index in [-0.39, 0.29) is 59.3 Å². The third-order valence-corrected chi connectivity index (χ3v) is 5.84. The molecule has 0 radical (unpaired) electrons. The quantitative estimate of drug-likeness (QED) is 0.198. The molecular formula is C21H45O4PPd2-2. The molecule has 0 amide bonds. The number of carbonyl (C=O) groups is 2. The van der Waals surface area contributed by atoms with Crippen LogP contribution >= 0.6 is 7.92 Å². The van der Waals surface area contributed by atoms with E-state index >= 15 is 0 Å². The van der Waals surface area contributed by atoms with Crippen molar-refractivity contribution in [2.24, 2.45) is 5.41 Å². The fraction of sp³-hybridized carbons (Fsp3) is 0.810. The van der Waals surface area contributed by atoms with E-state index < -0.39 is 11.9 Å². The van der Waals surface area contributed by atoms with Gasteiger partial charge in [-0.1, -0.05) is 76.2 Å². The summed E-state index contributed by atoms with van der Waals surface area (Å²) in [4.78, 5) is 18.0. The van der Waals surface area contributed by atoms with Crippen LogP contribution in [0.4, 0.5) is 0 Å². The summed E-state index contributed by atoms with van der Waals surface area (Å²) in [7, 11) is -0.0949. The number of hydrogen-bond donors (Lipinski definition) is 2. The molecule has 0 fully saturated rings. The van der Waals surface area contributed by atoms with Crippen molar-refractivity contribution in [1.29, 1.82) is 0 Å². The first-order chi connectivity index (χ1) is 10.8. The van der Waals surface area contributed by atoms with Crippen molar-refractivity contribution in [3.63, 3.8) is 0 Å². The minimum atomic E-state index is -0.833. The zero-order valence-corrected chi connectivity index (χ0v) is 24.2. The Kier molecular flexibility index (Phi) is 26.5. The second kappa shape index (κ2) is 17.4. The summed E-state index contributed by atoms with van der Waals surface area (Å²) in [6, 6.07) is 0. The molecule has 180 valence electrons. The largest absolute Gasteiger partial charge is 0.481 e. The Morgan fingerprint density at radius 2 is 0.750 bits per heavy atom. The molecule has 4 nitrogen and oxygen atoms in total. The van der Waals surface area contributed by atoms with E-state index in [1.54, 1.807) is 0 Å². The van der Waals surface area contributed by atoms with E-state index in [9.17, 15) is 0 Å². The first-order valence-electron chi connectivity index (χ1n) is 8.73. The SMILES string of the molecule is CC(=O)O.CC(=O)O.[CH2-]C(C)(C)C.[CH2-]C(C)(C)P(C(C)(C)C)C(C)(C)C.[Pd].[Pd]. The standard InChI is InChI=1S/C12H26P.C5H11.2C2H4O2.2Pd/c1-10(2,3)13(11(4,5)6)12(7,8)9;1-5(2,3)4;2*1-2(3)4;;/h1H2,2-9H3;1H2,2-4H3;2*1H3,(H,3,4);;/q2*-1;;;;. The number of hydrogen-bond acceptors (Lipinski definition) is 2. The minimum absolute atomic E-state index is 0. The van der Waals surface area contributed by atoms with E-state index in [0.717, 1.165) is 13.8 Å². The van der Waals surface area contributed by atoms with Gasteiger partial charge in [0.15, 0.2) is 0 Å². The molecule has 28 heavy (non-hydrogen) atoms. The van der Waals surface area contributed by atoms with Crippen LogP contribution in [-0.2, 0) is 50.4 Å². The first-order valence-corrected chi connectivity index (χ1v) is 10.1. The van der Waals surface area contributed by atoms with Gasteiger partial charge in [0, 0.05) is 54.7 Å². The van der Waals surface area contributed by atoms with Gasteiger partial charge < -0.3 is 24.1 Å². The molecule has 7 heteroatoms. The molecule has 0 bridgehead atoms. The summed E-state index contributed by atoms with van der Waals surface area (Å²) in [6.45, 7) is 35.1. The van der Waals surface area contributed by atoms with Gasteiger partial charge in [-0.15, -0.1) is 13.1 Å². The van der Waals surface area contributed by atoms with Gasteiger partial charge in [0.05, 0.1) is 0 Å². The summed E-state index contributed by atoms with van der Waals surface area (Å²) in [5.41, 5.74) is 0.250. The molecule has 0 heterocycles. The van der Waals surface area contributed by atoms with Crippen LogP contribution in [0.3, 0.4) is 0 Å². The molecule has 0 aliphatic rings. The van der Waals surface area contributed by atoms with Gasteiger partial charge in [0.2, 0.25) is 0 Å². The third kappa shape index (κ3) is 50.4. The molecule has 0 atom stereocenters. The summed E-state index contributed by atoms with van der Waals surface area (Å²) >= 11 is 0. The van der Waals surface area contributed by atoms with Crippen LogP contribution in [0.25, 0.3) is 0 Å². The van der Waals surface area contributed by atoms with E-state index in [4.69, 9.17) is 19.8 Å². The number of rotatable bonds is 1. The predicted molar refractivity (Wildman–Crippen MR) is 117 cm³/mol. The van der Waals surface area contributed by atoms with Gasteiger partial charge in [-0.05, 0) is 10.3 Å². The molecule has 0 aliphatic heterocycles. The van der Waals surface area contributed by atoms with Gasteiger partial charge in [-0.25, -0.2) is 0 Å². The second-order valence-electron chi connectivity index (χ2n) is 10.1. The Bertz CT molecular complexity index is 339. The van der Waals surface area contributed by atoms with Gasteiger partial charge in [0.1, 0.15) is 0 Å². The van der Waals surface area contributed by atoms with Crippen LogP contribution in [0.1, 0.15) is 90.0 Å². The van der Waals surface area contributed by atoms with Crippen LogP contribution in [0.15, 0.2) is 0 Å². The molecule has 0 aromatic heterocycles. The molecule has 0 spiro atoms. The van der Waals surface area contributed by atoms with Gasteiger partial charge in [-0.3, -0.25) is 9.59 Å². The maximum atomic E-state index is 9.00. The number of aliphatic carboxylic acids is 2.